The number of nitrogens with zero attached hydrogens (tertiary/aromatic N) is 2. The Morgan fingerprint density at radius 2 is 1.73 bits per heavy atom. The van der Waals surface area contributed by atoms with E-state index in [1.54, 1.807) is 4.90 Å². The lowest BCUT2D eigenvalue weighted by Gasteiger charge is -2.43. The van der Waals surface area contributed by atoms with Gasteiger partial charge < -0.3 is 9.80 Å². The molecule has 1 heterocycles. The maximum absolute atomic E-state index is 13.5. The van der Waals surface area contributed by atoms with Gasteiger partial charge in [0.25, 0.3) is 0 Å². The third-order valence-electron chi connectivity index (χ3n) is 6.81. The number of rotatable bonds is 5. The Labute approximate surface area is 179 Å². The van der Waals surface area contributed by atoms with Crippen molar-refractivity contribution in [1.29, 1.82) is 0 Å². The molecule has 1 saturated heterocycles. The van der Waals surface area contributed by atoms with E-state index in [0.29, 0.717) is 18.9 Å². The third-order valence-corrected chi connectivity index (χ3v) is 6.81. The summed E-state index contributed by atoms with van der Waals surface area (Å²) in [6.07, 6.45) is 3.33. The highest BCUT2D eigenvalue weighted by Crippen LogP contribution is 2.43. The highest BCUT2D eigenvalue weighted by Gasteiger charge is 2.48. The molecule has 2 aliphatic rings. The van der Waals surface area contributed by atoms with E-state index in [2.05, 4.69) is 37.3 Å². The van der Waals surface area contributed by atoms with Crippen LogP contribution in [0.1, 0.15) is 31.7 Å². The zero-order chi connectivity index (χ0) is 21.3. The van der Waals surface area contributed by atoms with Crippen LogP contribution in [0.4, 0.5) is 0 Å². The molecule has 30 heavy (non-hydrogen) atoms. The summed E-state index contributed by atoms with van der Waals surface area (Å²) in [6, 6.07) is 18.7. The maximum atomic E-state index is 13.5. The second kappa shape index (κ2) is 8.25. The molecule has 1 aliphatic carbocycles. The van der Waals surface area contributed by atoms with Crippen molar-refractivity contribution in [3.63, 3.8) is 0 Å². The molecule has 0 spiro atoms. The number of benzene rings is 2. The monoisotopic (exact) mass is 404 g/mol. The number of carbonyl (C=O) groups is 2. The number of amides is 2. The Morgan fingerprint density at radius 1 is 1.07 bits per heavy atom. The molecular formula is C26H32N2O2. The van der Waals surface area contributed by atoms with E-state index in [1.807, 2.05) is 43.3 Å². The summed E-state index contributed by atoms with van der Waals surface area (Å²) in [5.74, 6) is 1.02. The fourth-order valence-electron chi connectivity index (χ4n) is 5.03. The first kappa shape index (κ1) is 20.6. The number of carbonyl (C=O) groups excluding carboxylic acids is 2. The Kier molecular flexibility index (Phi) is 5.68. The average Bonchev–Trinajstić information content (AvgIpc) is 3.50. The molecular weight excluding hydrogens is 372 g/mol. The molecule has 1 saturated carbocycles. The van der Waals surface area contributed by atoms with Crippen LogP contribution in [-0.4, -0.2) is 48.8 Å². The molecule has 0 aromatic heterocycles. The first-order chi connectivity index (χ1) is 14.4. The molecule has 158 valence electrons. The van der Waals surface area contributed by atoms with Crippen molar-refractivity contribution in [2.24, 2.45) is 17.3 Å². The lowest BCUT2D eigenvalue weighted by Crippen LogP contribution is -2.54. The minimum absolute atomic E-state index is 0.131. The van der Waals surface area contributed by atoms with Crippen LogP contribution in [0.3, 0.4) is 0 Å². The van der Waals surface area contributed by atoms with Crippen LogP contribution in [0.15, 0.2) is 54.6 Å². The van der Waals surface area contributed by atoms with Gasteiger partial charge in [-0.05, 0) is 48.3 Å². The van der Waals surface area contributed by atoms with E-state index in [-0.39, 0.29) is 17.7 Å². The number of piperidine rings is 1. The van der Waals surface area contributed by atoms with Crippen molar-refractivity contribution >= 4 is 11.8 Å². The number of likely N-dealkylation sites (tertiary alicyclic amines) is 1. The average molecular weight is 405 g/mol. The predicted molar refractivity (Wildman–Crippen MR) is 120 cm³/mol. The zero-order valence-electron chi connectivity index (χ0n) is 18.3. The van der Waals surface area contributed by atoms with Crippen LogP contribution in [0.25, 0.3) is 11.1 Å². The summed E-state index contributed by atoms with van der Waals surface area (Å²) in [4.78, 5) is 30.2. The highest BCUT2D eigenvalue weighted by molar-refractivity contribution is 5.86. The fourth-order valence-corrected chi connectivity index (χ4v) is 5.03. The third kappa shape index (κ3) is 4.00. The fraction of sp³-hybridized carbons (Fsp3) is 0.462. The van der Waals surface area contributed by atoms with Crippen molar-refractivity contribution in [2.75, 3.05) is 27.2 Å². The summed E-state index contributed by atoms with van der Waals surface area (Å²) < 4.78 is 0. The van der Waals surface area contributed by atoms with Gasteiger partial charge in [0.2, 0.25) is 11.8 Å². The van der Waals surface area contributed by atoms with Gasteiger partial charge in [-0.25, -0.2) is 0 Å². The van der Waals surface area contributed by atoms with E-state index in [4.69, 9.17) is 0 Å². The minimum Gasteiger partial charge on any atom is -0.348 e. The molecule has 3 atom stereocenters. The predicted octanol–water partition coefficient (Wildman–Crippen LogP) is 4.25. The molecule has 2 aromatic carbocycles. The van der Waals surface area contributed by atoms with E-state index in [0.717, 1.165) is 31.4 Å². The lowest BCUT2D eigenvalue weighted by atomic mass is 9.72. The summed E-state index contributed by atoms with van der Waals surface area (Å²) in [5, 5.41) is 0. The van der Waals surface area contributed by atoms with E-state index in [1.165, 1.54) is 11.1 Å². The van der Waals surface area contributed by atoms with Gasteiger partial charge >= 0.3 is 0 Å². The second-order valence-corrected chi connectivity index (χ2v) is 9.36. The largest absolute Gasteiger partial charge is 0.348 e. The minimum atomic E-state index is -0.569. The van der Waals surface area contributed by atoms with Crippen molar-refractivity contribution < 1.29 is 9.59 Å². The first-order valence-corrected chi connectivity index (χ1v) is 11.1. The van der Waals surface area contributed by atoms with Crippen molar-refractivity contribution in [3.05, 3.63) is 60.2 Å². The van der Waals surface area contributed by atoms with Gasteiger partial charge in [0.05, 0.1) is 5.41 Å². The zero-order valence-corrected chi connectivity index (χ0v) is 18.3. The standard InChI is InChI=1S/C26H32N2O2/c1-19-16-23(19)24(29)28-15-9-14-26(18-28,25(30)27(2)3)17-21-12-7-8-13-22(21)20-10-5-4-6-11-20/h4-8,10-13,19,23H,9,14-18H2,1-3H3. The summed E-state index contributed by atoms with van der Waals surface area (Å²) >= 11 is 0. The topological polar surface area (TPSA) is 40.6 Å². The van der Waals surface area contributed by atoms with Gasteiger partial charge in [-0.2, -0.15) is 0 Å². The SMILES string of the molecule is CC1CC1C(=O)N1CCCC(Cc2ccccc2-c2ccccc2)(C(=O)N(C)C)C1. The van der Waals surface area contributed by atoms with Crippen LogP contribution in [0.5, 0.6) is 0 Å². The molecule has 4 rings (SSSR count). The highest BCUT2D eigenvalue weighted by atomic mass is 16.2. The summed E-state index contributed by atoms with van der Waals surface area (Å²) in [5.41, 5.74) is 2.94. The Bertz CT molecular complexity index is 924. The molecule has 2 amide bonds. The second-order valence-electron chi connectivity index (χ2n) is 9.36. The van der Waals surface area contributed by atoms with Gasteiger partial charge in [-0.1, -0.05) is 61.5 Å². The van der Waals surface area contributed by atoms with Crippen molar-refractivity contribution in [2.45, 2.75) is 32.6 Å². The summed E-state index contributed by atoms with van der Waals surface area (Å²) in [7, 11) is 3.66. The van der Waals surface area contributed by atoms with Crippen LogP contribution in [-0.2, 0) is 16.0 Å². The molecule has 4 heteroatoms. The van der Waals surface area contributed by atoms with E-state index < -0.39 is 5.41 Å². The molecule has 2 aromatic rings. The molecule has 2 fully saturated rings. The van der Waals surface area contributed by atoms with Crippen molar-refractivity contribution in [1.82, 2.24) is 9.80 Å². The van der Waals surface area contributed by atoms with E-state index >= 15 is 0 Å². The smallest absolute Gasteiger partial charge is 0.230 e. The molecule has 0 N–H and O–H groups in total. The van der Waals surface area contributed by atoms with Crippen LogP contribution >= 0.6 is 0 Å². The van der Waals surface area contributed by atoms with E-state index in [9.17, 15) is 9.59 Å². The van der Waals surface area contributed by atoms with Gasteiger partial charge in [0.15, 0.2) is 0 Å². The first-order valence-electron chi connectivity index (χ1n) is 11.1. The van der Waals surface area contributed by atoms with Gasteiger partial charge in [-0.15, -0.1) is 0 Å². The van der Waals surface area contributed by atoms with Gasteiger partial charge in [0.1, 0.15) is 0 Å². The molecule has 0 radical (unpaired) electrons. The number of hydrogen-bond acceptors (Lipinski definition) is 2. The Morgan fingerprint density at radius 3 is 2.40 bits per heavy atom. The molecule has 0 bridgehead atoms. The normalized spacial score (nSPS) is 25.6. The van der Waals surface area contributed by atoms with Gasteiger partial charge in [-0.3, -0.25) is 9.59 Å². The van der Waals surface area contributed by atoms with Gasteiger partial charge in [0, 0.05) is 33.1 Å². The quantitative estimate of drug-likeness (QED) is 0.748. The molecule has 4 nitrogen and oxygen atoms in total. The summed E-state index contributed by atoms with van der Waals surface area (Å²) in [6.45, 7) is 3.43. The number of hydrogen-bond donors (Lipinski definition) is 0. The van der Waals surface area contributed by atoms with Crippen LogP contribution < -0.4 is 0 Å². The van der Waals surface area contributed by atoms with Crippen LogP contribution in [0.2, 0.25) is 0 Å². The Balaban J connectivity index is 1.67. The van der Waals surface area contributed by atoms with Crippen molar-refractivity contribution in [3.8, 4) is 11.1 Å². The van der Waals surface area contributed by atoms with Crippen LogP contribution in [0, 0.1) is 17.3 Å². The lowest BCUT2D eigenvalue weighted by molar-refractivity contribution is -0.147. The molecule has 3 unspecified atom stereocenters. The Hall–Kier alpha value is -2.62. The maximum Gasteiger partial charge on any atom is 0.230 e. The molecule has 1 aliphatic heterocycles.